The van der Waals surface area contributed by atoms with Gasteiger partial charge in [-0.05, 0) is 42.7 Å². The van der Waals surface area contributed by atoms with Gasteiger partial charge >= 0.3 is 6.18 Å². The van der Waals surface area contributed by atoms with E-state index in [1.54, 1.807) is 6.26 Å². The Balaban J connectivity index is 1.87. The van der Waals surface area contributed by atoms with Crippen LogP contribution in [0.2, 0.25) is 0 Å². The van der Waals surface area contributed by atoms with E-state index in [4.69, 9.17) is 4.74 Å². The second-order valence-corrected chi connectivity index (χ2v) is 6.12. The number of thioether (sulfide) groups is 1. The Labute approximate surface area is 156 Å². The summed E-state index contributed by atoms with van der Waals surface area (Å²) >= 11 is 1.20. The van der Waals surface area contributed by atoms with Crippen molar-refractivity contribution in [2.75, 3.05) is 19.4 Å². The lowest BCUT2D eigenvalue weighted by Crippen LogP contribution is -2.28. The summed E-state index contributed by atoms with van der Waals surface area (Å²) in [6.45, 7) is 0.111. The van der Waals surface area contributed by atoms with E-state index < -0.39 is 22.6 Å². The Bertz CT molecular complexity index is 826. The number of benzene rings is 2. The fraction of sp³-hybridized carbons (Fsp3) is 0.235. The van der Waals surface area contributed by atoms with Gasteiger partial charge in [-0.3, -0.25) is 14.9 Å². The summed E-state index contributed by atoms with van der Waals surface area (Å²) in [5, 5.41) is 13.6. The van der Waals surface area contributed by atoms with Gasteiger partial charge in [0.2, 0.25) is 0 Å². The molecule has 0 atom stereocenters. The first-order valence-corrected chi connectivity index (χ1v) is 8.85. The molecule has 0 unspecified atom stereocenters. The van der Waals surface area contributed by atoms with Gasteiger partial charge in [-0.2, -0.15) is 13.2 Å². The van der Waals surface area contributed by atoms with Crippen molar-refractivity contribution >= 4 is 23.4 Å². The van der Waals surface area contributed by atoms with Crippen LogP contribution in [0.15, 0.2) is 47.4 Å². The second-order valence-electron chi connectivity index (χ2n) is 5.27. The molecule has 2 aromatic rings. The van der Waals surface area contributed by atoms with Crippen LogP contribution in [0.5, 0.6) is 5.75 Å². The standard InChI is InChI=1S/C17H15F3N2O4S/c1-27-15-7-2-11(10-14(15)22(24)25)16(23)21-8-9-26-13-5-3-12(4-6-13)17(18,19)20/h2-7,10H,8-9H2,1H3,(H,21,23). The monoisotopic (exact) mass is 400 g/mol. The van der Waals surface area contributed by atoms with Gasteiger partial charge in [0.25, 0.3) is 11.6 Å². The highest BCUT2D eigenvalue weighted by atomic mass is 32.2. The van der Waals surface area contributed by atoms with Crippen LogP contribution in [-0.4, -0.2) is 30.2 Å². The van der Waals surface area contributed by atoms with E-state index in [1.807, 2.05) is 0 Å². The normalized spacial score (nSPS) is 11.1. The molecule has 0 fully saturated rings. The molecular weight excluding hydrogens is 385 g/mol. The molecule has 0 saturated carbocycles. The average Bonchev–Trinajstić information content (AvgIpc) is 2.64. The van der Waals surface area contributed by atoms with E-state index in [0.29, 0.717) is 4.90 Å². The third-order valence-electron chi connectivity index (χ3n) is 3.48. The number of hydrogen-bond acceptors (Lipinski definition) is 5. The Hall–Kier alpha value is -2.75. The number of hydrogen-bond donors (Lipinski definition) is 1. The van der Waals surface area contributed by atoms with Crippen LogP contribution < -0.4 is 10.1 Å². The maximum atomic E-state index is 12.5. The van der Waals surface area contributed by atoms with Crippen LogP contribution in [0, 0.1) is 10.1 Å². The molecule has 0 aliphatic heterocycles. The fourth-order valence-electron chi connectivity index (χ4n) is 2.15. The SMILES string of the molecule is CSc1ccc(C(=O)NCCOc2ccc(C(F)(F)F)cc2)cc1[N+](=O)[O-]. The van der Waals surface area contributed by atoms with Crippen LogP contribution in [0.3, 0.4) is 0 Å². The van der Waals surface area contributed by atoms with Crippen LogP contribution in [0.25, 0.3) is 0 Å². The van der Waals surface area contributed by atoms with Gasteiger partial charge in [0.15, 0.2) is 0 Å². The third kappa shape index (κ3) is 5.61. The van der Waals surface area contributed by atoms with Gasteiger partial charge in [0.1, 0.15) is 12.4 Å². The summed E-state index contributed by atoms with van der Waals surface area (Å²) in [6.07, 6.45) is -2.72. The van der Waals surface area contributed by atoms with Crippen molar-refractivity contribution in [2.24, 2.45) is 0 Å². The number of carbonyl (C=O) groups is 1. The maximum Gasteiger partial charge on any atom is 0.416 e. The van der Waals surface area contributed by atoms with Gasteiger partial charge in [-0.15, -0.1) is 11.8 Å². The minimum absolute atomic E-state index is 0.0299. The Morgan fingerprint density at radius 2 is 1.89 bits per heavy atom. The molecule has 0 saturated heterocycles. The summed E-state index contributed by atoms with van der Waals surface area (Å²) in [7, 11) is 0. The molecule has 0 spiro atoms. The Kier molecular flexibility index (Phi) is 6.67. The summed E-state index contributed by atoms with van der Waals surface area (Å²) in [4.78, 5) is 23.0. The highest BCUT2D eigenvalue weighted by molar-refractivity contribution is 7.98. The second kappa shape index (κ2) is 8.76. The van der Waals surface area contributed by atoms with E-state index in [-0.39, 0.29) is 30.2 Å². The van der Waals surface area contributed by atoms with Crippen molar-refractivity contribution in [3.05, 3.63) is 63.7 Å². The molecule has 0 bridgehead atoms. The van der Waals surface area contributed by atoms with Crippen LogP contribution in [-0.2, 0) is 6.18 Å². The molecule has 6 nitrogen and oxygen atoms in total. The van der Waals surface area contributed by atoms with Crippen molar-refractivity contribution in [3.63, 3.8) is 0 Å². The molecule has 2 rings (SSSR count). The molecule has 0 heterocycles. The largest absolute Gasteiger partial charge is 0.492 e. The van der Waals surface area contributed by atoms with E-state index in [1.165, 1.54) is 42.1 Å². The van der Waals surface area contributed by atoms with Crippen molar-refractivity contribution in [1.29, 1.82) is 0 Å². The first-order chi connectivity index (χ1) is 12.7. The molecule has 0 aliphatic rings. The molecule has 27 heavy (non-hydrogen) atoms. The molecule has 0 aromatic heterocycles. The average molecular weight is 400 g/mol. The quantitative estimate of drug-likeness (QED) is 0.327. The molecule has 2 aromatic carbocycles. The lowest BCUT2D eigenvalue weighted by molar-refractivity contribution is -0.387. The zero-order valence-corrected chi connectivity index (χ0v) is 14.9. The molecule has 0 radical (unpaired) electrons. The van der Waals surface area contributed by atoms with Gasteiger partial charge in [0, 0.05) is 11.6 Å². The number of nitro benzene ring substituents is 1. The van der Waals surface area contributed by atoms with E-state index >= 15 is 0 Å². The number of alkyl halides is 3. The zero-order valence-electron chi connectivity index (χ0n) is 14.1. The van der Waals surface area contributed by atoms with Crippen LogP contribution in [0.4, 0.5) is 18.9 Å². The van der Waals surface area contributed by atoms with Crippen LogP contribution >= 0.6 is 11.8 Å². The van der Waals surface area contributed by atoms with Gasteiger partial charge in [-0.1, -0.05) is 0 Å². The van der Waals surface area contributed by atoms with Crippen molar-refractivity contribution < 1.29 is 27.6 Å². The Morgan fingerprint density at radius 3 is 2.44 bits per heavy atom. The molecule has 1 amide bonds. The highest BCUT2D eigenvalue weighted by Crippen LogP contribution is 2.30. The minimum Gasteiger partial charge on any atom is -0.492 e. The minimum atomic E-state index is -4.42. The Morgan fingerprint density at radius 1 is 1.22 bits per heavy atom. The van der Waals surface area contributed by atoms with E-state index in [2.05, 4.69) is 5.32 Å². The number of amides is 1. The third-order valence-corrected chi connectivity index (χ3v) is 4.26. The summed E-state index contributed by atoms with van der Waals surface area (Å²) in [6, 6.07) is 8.35. The zero-order chi connectivity index (χ0) is 20.0. The smallest absolute Gasteiger partial charge is 0.416 e. The first kappa shape index (κ1) is 20.6. The predicted molar refractivity (Wildman–Crippen MR) is 94.1 cm³/mol. The van der Waals surface area contributed by atoms with Gasteiger partial charge in [0.05, 0.1) is 21.9 Å². The summed E-state index contributed by atoms with van der Waals surface area (Å²) in [5.41, 5.74) is -0.802. The van der Waals surface area contributed by atoms with Gasteiger partial charge in [-0.25, -0.2) is 0 Å². The van der Waals surface area contributed by atoms with Gasteiger partial charge < -0.3 is 10.1 Å². The van der Waals surface area contributed by atoms with Crippen molar-refractivity contribution in [3.8, 4) is 5.75 Å². The molecule has 10 heteroatoms. The van der Waals surface area contributed by atoms with Crippen LogP contribution in [0.1, 0.15) is 15.9 Å². The highest BCUT2D eigenvalue weighted by Gasteiger charge is 2.30. The molecule has 1 N–H and O–H groups in total. The predicted octanol–water partition coefficient (Wildman–Crippen LogP) is 4.14. The number of nitrogens with one attached hydrogen (secondary N) is 1. The van der Waals surface area contributed by atoms with E-state index in [9.17, 15) is 28.1 Å². The lowest BCUT2D eigenvalue weighted by atomic mass is 10.2. The van der Waals surface area contributed by atoms with E-state index in [0.717, 1.165) is 12.1 Å². The number of ether oxygens (including phenoxy) is 1. The number of rotatable bonds is 7. The fourth-order valence-corrected chi connectivity index (χ4v) is 2.70. The van der Waals surface area contributed by atoms with Crippen molar-refractivity contribution in [1.82, 2.24) is 5.32 Å². The number of halogens is 3. The molecular formula is C17H15F3N2O4S. The molecule has 0 aliphatic carbocycles. The maximum absolute atomic E-state index is 12.5. The number of nitrogens with zero attached hydrogens (tertiary/aromatic N) is 1. The number of nitro groups is 1. The van der Waals surface area contributed by atoms with Crippen molar-refractivity contribution in [2.45, 2.75) is 11.1 Å². The summed E-state index contributed by atoms with van der Waals surface area (Å²) < 4.78 is 42.7. The number of carbonyl (C=O) groups excluding carboxylic acids is 1. The lowest BCUT2D eigenvalue weighted by Gasteiger charge is -2.10. The first-order valence-electron chi connectivity index (χ1n) is 7.63. The topological polar surface area (TPSA) is 81.5 Å². The molecule has 144 valence electrons. The summed E-state index contributed by atoms with van der Waals surface area (Å²) in [5.74, 6) is -0.279.